The van der Waals surface area contributed by atoms with Gasteiger partial charge in [-0.15, -0.1) is 0 Å². The third kappa shape index (κ3) is 3.73. The number of piperidine rings is 1. The smallest absolute Gasteiger partial charge is 0.282 e. The number of carbonyl (C=O) groups is 1. The summed E-state index contributed by atoms with van der Waals surface area (Å²) in [6.07, 6.45) is 6.74. The molecule has 23 heavy (non-hydrogen) atoms. The molecule has 0 spiro atoms. The lowest BCUT2D eigenvalue weighted by molar-refractivity contribution is -0.924. The highest BCUT2D eigenvalue weighted by molar-refractivity contribution is 5.93. The minimum atomic E-state index is -0.0383. The summed E-state index contributed by atoms with van der Waals surface area (Å²) >= 11 is 0. The number of rotatable bonds is 3. The van der Waals surface area contributed by atoms with Crippen LogP contribution in [0.25, 0.3) is 0 Å². The number of carbonyl (C=O) groups excluding carboxylic acids is 1. The molecule has 1 saturated carbocycles. The molecule has 1 aliphatic heterocycles. The van der Waals surface area contributed by atoms with Gasteiger partial charge in [0.2, 0.25) is 0 Å². The van der Waals surface area contributed by atoms with E-state index in [9.17, 15) is 4.79 Å². The first-order valence-corrected chi connectivity index (χ1v) is 8.83. The van der Waals surface area contributed by atoms with Crippen molar-refractivity contribution in [2.75, 3.05) is 18.4 Å². The summed E-state index contributed by atoms with van der Waals surface area (Å²) < 4.78 is 0. The van der Waals surface area contributed by atoms with Crippen molar-refractivity contribution in [3.63, 3.8) is 0 Å². The molecule has 1 amide bonds. The van der Waals surface area contributed by atoms with Crippen LogP contribution in [0.3, 0.4) is 0 Å². The second kappa shape index (κ2) is 7.14. The van der Waals surface area contributed by atoms with Crippen molar-refractivity contribution in [1.29, 1.82) is 5.26 Å². The number of fused-ring (bicyclic) bond motifs is 1. The normalized spacial score (nSPS) is 28.3. The number of hydrogen-bond acceptors (Lipinski definition) is 2. The van der Waals surface area contributed by atoms with Gasteiger partial charge in [-0.1, -0.05) is 18.9 Å². The fourth-order valence-corrected chi connectivity index (χ4v) is 4.24. The van der Waals surface area contributed by atoms with Gasteiger partial charge in [-0.25, -0.2) is 0 Å². The zero-order valence-corrected chi connectivity index (χ0v) is 13.8. The predicted molar refractivity (Wildman–Crippen MR) is 90.0 cm³/mol. The van der Waals surface area contributed by atoms with Gasteiger partial charge < -0.3 is 10.2 Å². The number of benzene rings is 1. The molecule has 2 aliphatic rings. The molecule has 1 aromatic carbocycles. The second-order valence-corrected chi connectivity index (χ2v) is 7.11. The van der Waals surface area contributed by atoms with Crippen molar-refractivity contribution >= 4 is 11.6 Å². The molecule has 1 heterocycles. The number of nitriles is 1. The Morgan fingerprint density at radius 1 is 1.30 bits per heavy atom. The van der Waals surface area contributed by atoms with E-state index >= 15 is 0 Å². The number of likely N-dealkylation sites (tertiary alicyclic amines) is 1. The van der Waals surface area contributed by atoms with Crippen molar-refractivity contribution in [3.8, 4) is 6.07 Å². The molecular weight excluding hydrogens is 286 g/mol. The highest BCUT2D eigenvalue weighted by atomic mass is 16.2. The van der Waals surface area contributed by atoms with Gasteiger partial charge in [0.15, 0.2) is 6.04 Å². The standard InChI is InChI=1S/C19H25N3O/c1-14(19(23)21-18-8-4-5-15(11-18)12-20)22-10-9-16-6-2-3-7-17(16)13-22/h4-5,8,11,14,16-17H,2-3,6-7,9-10,13H2,1H3,(H,21,23)/p+1/t14-,16-,17+/m0/s1. The van der Waals surface area contributed by atoms with E-state index in [4.69, 9.17) is 5.26 Å². The van der Waals surface area contributed by atoms with Gasteiger partial charge in [0.05, 0.1) is 24.7 Å². The molecule has 4 nitrogen and oxygen atoms in total. The first-order chi connectivity index (χ1) is 11.2. The fourth-order valence-electron chi connectivity index (χ4n) is 4.24. The monoisotopic (exact) mass is 312 g/mol. The van der Waals surface area contributed by atoms with Crippen LogP contribution in [-0.2, 0) is 4.79 Å². The number of amides is 1. The van der Waals surface area contributed by atoms with Crippen LogP contribution in [0.4, 0.5) is 5.69 Å². The molecule has 0 radical (unpaired) electrons. The summed E-state index contributed by atoms with van der Waals surface area (Å²) in [6.45, 7) is 4.27. The number of nitrogens with one attached hydrogen (secondary N) is 2. The van der Waals surface area contributed by atoms with Crippen LogP contribution in [0.5, 0.6) is 0 Å². The van der Waals surface area contributed by atoms with Gasteiger partial charge in [-0.2, -0.15) is 5.26 Å². The molecular formula is C19H26N3O+. The van der Waals surface area contributed by atoms with Crippen LogP contribution < -0.4 is 10.2 Å². The lowest BCUT2D eigenvalue weighted by atomic mass is 9.75. The van der Waals surface area contributed by atoms with E-state index in [2.05, 4.69) is 11.4 Å². The molecule has 1 saturated heterocycles. The summed E-state index contributed by atoms with van der Waals surface area (Å²) in [4.78, 5) is 14.0. The second-order valence-electron chi connectivity index (χ2n) is 7.11. The summed E-state index contributed by atoms with van der Waals surface area (Å²) in [7, 11) is 0. The van der Waals surface area contributed by atoms with E-state index in [0.29, 0.717) is 11.3 Å². The van der Waals surface area contributed by atoms with Crippen LogP contribution in [0.1, 0.15) is 44.6 Å². The van der Waals surface area contributed by atoms with Crippen molar-refractivity contribution in [2.45, 2.75) is 45.1 Å². The lowest BCUT2D eigenvalue weighted by Gasteiger charge is -2.40. The molecule has 4 atom stereocenters. The molecule has 122 valence electrons. The Hall–Kier alpha value is -1.86. The Morgan fingerprint density at radius 3 is 2.87 bits per heavy atom. The number of hydrogen-bond donors (Lipinski definition) is 2. The zero-order chi connectivity index (χ0) is 16.2. The minimum absolute atomic E-state index is 0.0383. The minimum Gasteiger partial charge on any atom is -0.325 e. The van der Waals surface area contributed by atoms with Crippen LogP contribution in [0.2, 0.25) is 0 Å². The average molecular weight is 312 g/mol. The summed E-state index contributed by atoms with van der Waals surface area (Å²) in [5, 5.41) is 11.9. The van der Waals surface area contributed by atoms with Crippen molar-refractivity contribution in [1.82, 2.24) is 0 Å². The van der Waals surface area contributed by atoms with Crippen LogP contribution >= 0.6 is 0 Å². The molecule has 1 aliphatic carbocycles. The Morgan fingerprint density at radius 2 is 2.09 bits per heavy atom. The van der Waals surface area contributed by atoms with Gasteiger partial charge in [-0.3, -0.25) is 4.79 Å². The zero-order valence-electron chi connectivity index (χ0n) is 13.8. The molecule has 4 heteroatoms. The van der Waals surface area contributed by atoms with E-state index in [0.717, 1.165) is 24.9 Å². The van der Waals surface area contributed by atoms with Crippen molar-refractivity contribution in [2.24, 2.45) is 11.8 Å². The van der Waals surface area contributed by atoms with Gasteiger partial charge in [0, 0.05) is 11.6 Å². The quantitative estimate of drug-likeness (QED) is 0.896. The molecule has 2 fully saturated rings. The van der Waals surface area contributed by atoms with E-state index in [1.165, 1.54) is 37.0 Å². The molecule has 1 unspecified atom stereocenters. The topological polar surface area (TPSA) is 57.3 Å². The largest absolute Gasteiger partial charge is 0.325 e. The van der Waals surface area contributed by atoms with Crippen LogP contribution in [0, 0.1) is 23.2 Å². The molecule has 2 N–H and O–H groups in total. The van der Waals surface area contributed by atoms with Crippen LogP contribution in [-0.4, -0.2) is 25.0 Å². The predicted octanol–water partition coefficient (Wildman–Crippen LogP) is 1.98. The third-order valence-corrected chi connectivity index (χ3v) is 5.69. The van der Waals surface area contributed by atoms with Crippen LogP contribution in [0.15, 0.2) is 24.3 Å². The average Bonchev–Trinajstić information content (AvgIpc) is 2.60. The molecule has 0 aromatic heterocycles. The summed E-state index contributed by atoms with van der Waals surface area (Å²) in [6, 6.07) is 9.19. The van der Waals surface area contributed by atoms with Gasteiger partial charge in [-0.05, 0) is 50.3 Å². The van der Waals surface area contributed by atoms with E-state index in [-0.39, 0.29) is 11.9 Å². The number of anilines is 1. The van der Waals surface area contributed by atoms with Gasteiger partial charge >= 0.3 is 0 Å². The highest BCUT2D eigenvalue weighted by Crippen LogP contribution is 2.32. The van der Waals surface area contributed by atoms with Crippen molar-refractivity contribution in [3.05, 3.63) is 29.8 Å². The first kappa shape index (κ1) is 16.0. The maximum absolute atomic E-state index is 12.6. The molecule has 0 bridgehead atoms. The highest BCUT2D eigenvalue weighted by Gasteiger charge is 2.37. The number of nitrogens with zero attached hydrogens (tertiary/aromatic N) is 1. The van der Waals surface area contributed by atoms with E-state index in [1.54, 1.807) is 18.2 Å². The molecule has 3 rings (SSSR count). The fraction of sp³-hybridized carbons (Fsp3) is 0.579. The SMILES string of the molecule is C[C@@H](C(=O)Nc1cccc(C#N)c1)[NH+]1CC[C@@H]2CCCC[C@@H]2C1. The van der Waals surface area contributed by atoms with E-state index in [1.807, 2.05) is 13.0 Å². The Kier molecular flexibility index (Phi) is 4.97. The maximum Gasteiger partial charge on any atom is 0.282 e. The summed E-state index contributed by atoms with van der Waals surface area (Å²) in [5.74, 6) is 1.77. The third-order valence-electron chi connectivity index (χ3n) is 5.69. The van der Waals surface area contributed by atoms with E-state index < -0.39 is 0 Å². The Balaban J connectivity index is 1.60. The Bertz CT molecular complexity index is 607. The van der Waals surface area contributed by atoms with Crippen molar-refractivity contribution < 1.29 is 9.69 Å². The number of quaternary nitrogens is 1. The summed E-state index contributed by atoms with van der Waals surface area (Å²) in [5.41, 5.74) is 1.29. The lowest BCUT2D eigenvalue weighted by Crippen LogP contribution is -3.18. The molecule has 1 aromatic rings. The maximum atomic E-state index is 12.6. The van der Waals surface area contributed by atoms with Gasteiger partial charge in [0.25, 0.3) is 5.91 Å². The first-order valence-electron chi connectivity index (χ1n) is 8.83. The van der Waals surface area contributed by atoms with Gasteiger partial charge in [0.1, 0.15) is 0 Å². The Labute approximate surface area is 138 Å².